The van der Waals surface area contributed by atoms with Crippen LogP contribution < -0.4 is 20.1 Å². The average molecular weight is 370 g/mol. The molecule has 6 nitrogen and oxygen atoms in total. The van der Waals surface area contributed by atoms with Gasteiger partial charge in [-0.3, -0.25) is 9.59 Å². The van der Waals surface area contributed by atoms with Crippen molar-refractivity contribution in [2.24, 2.45) is 0 Å². The highest BCUT2D eigenvalue weighted by Gasteiger charge is 2.14. The van der Waals surface area contributed by atoms with Gasteiger partial charge in [0, 0.05) is 18.7 Å². The number of nitrogens with one attached hydrogen (secondary N) is 2. The summed E-state index contributed by atoms with van der Waals surface area (Å²) in [7, 11) is 1.61. The first-order valence-corrected chi connectivity index (χ1v) is 8.93. The Morgan fingerprint density at radius 1 is 0.963 bits per heavy atom. The van der Waals surface area contributed by atoms with Crippen molar-refractivity contribution in [2.75, 3.05) is 13.7 Å². The third kappa shape index (κ3) is 6.66. The number of rotatable bonds is 8. The zero-order valence-electron chi connectivity index (χ0n) is 16.0. The molecule has 0 saturated carbocycles. The van der Waals surface area contributed by atoms with Crippen molar-refractivity contribution in [2.45, 2.75) is 32.9 Å². The molecule has 2 aromatic rings. The number of amides is 2. The van der Waals surface area contributed by atoms with Crippen LogP contribution in [0.4, 0.5) is 0 Å². The summed E-state index contributed by atoms with van der Waals surface area (Å²) in [6.07, 6.45) is 0.664. The predicted molar refractivity (Wildman–Crippen MR) is 104 cm³/mol. The molecular weight excluding hydrogens is 344 g/mol. The Hall–Kier alpha value is -3.02. The summed E-state index contributed by atoms with van der Waals surface area (Å²) in [6.45, 7) is 4.48. The molecule has 0 aliphatic carbocycles. The average Bonchev–Trinajstić information content (AvgIpc) is 2.67. The van der Waals surface area contributed by atoms with Gasteiger partial charge >= 0.3 is 11.8 Å². The van der Waals surface area contributed by atoms with Gasteiger partial charge in [-0.25, -0.2) is 0 Å². The van der Waals surface area contributed by atoms with Crippen LogP contribution in [0.2, 0.25) is 0 Å². The molecule has 0 unspecified atom stereocenters. The van der Waals surface area contributed by atoms with E-state index in [2.05, 4.69) is 10.6 Å². The van der Waals surface area contributed by atoms with Gasteiger partial charge in [-0.15, -0.1) is 0 Å². The third-order valence-electron chi connectivity index (χ3n) is 3.84. The Bertz CT molecular complexity index is 757. The number of carbonyl (C=O) groups is 2. The second-order valence-corrected chi connectivity index (χ2v) is 6.31. The van der Waals surface area contributed by atoms with Crippen LogP contribution in [-0.2, 0) is 22.6 Å². The highest BCUT2D eigenvalue weighted by molar-refractivity contribution is 6.35. The van der Waals surface area contributed by atoms with E-state index in [1.54, 1.807) is 7.11 Å². The fourth-order valence-electron chi connectivity index (χ4n) is 2.47. The highest BCUT2D eigenvalue weighted by atomic mass is 16.5. The Kier molecular flexibility index (Phi) is 7.67. The zero-order chi connectivity index (χ0) is 19.6. The fourth-order valence-corrected chi connectivity index (χ4v) is 2.47. The maximum atomic E-state index is 12.0. The van der Waals surface area contributed by atoms with Crippen molar-refractivity contribution in [1.29, 1.82) is 0 Å². The molecule has 144 valence electrons. The summed E-state index contributed by atoms with van der Waals surface area (Å²) in [5, 5.41) is 5.26. The van der Waals surface area contributed by atoms with Crippen LogP contribution in [0.15, 0.2) is 48.5 Å². The summed E-state index contributed by atoms with van der Waals surface area (Å²) in [5.41, 5.74) is 1.88. The van der Waals surface area contributed by atoms with Crippen molar-refractivity contribution < 1.29 is 19.1 Å². The number of benzene rings is 2. The van der Waals surface area contributed by atoms with Gasteiger partial charge in [0.1, 0.15) is 11.5 Å². The minimum Gasteiger partial charge on any atom is -0.497 e. The number of methoxy groups -OCH3 is 1. The molecular formula is C21H26N2O4. The number of ether oxygens (including phenoxy) is 2. The summed E-state index contributed by atoms with van der Waals surface area (Å²) >= 11 is 0. The smallest absolute Gasteiger partial charge is 0.309 e. The highest BCUT2D eigenvalue weighted by Crippen LogP contribution is 2.19. The van der Waals surface area contributed by atoms with Crippen LogP contribution >= 0.6 is 0 Å². The van der Waals surface area contributed by atoms with Crippen LogP contribution in [-0.4, -0.2) is 31.6 Å². The first kappa shape index (κ1) is 20.3. The quantitative estimate of drug-likeness (QED) is 0.700. The van der Waals surface area contributed by atoms with E-state index >= 15 is 0 Å². The van der Waals surface area contributed by atoms with Crippen molar-refractivity contribution >= 4 is 11.8 Å². The Morgan fingerprint density at radius 3 is 2.30 bits per heavy atom. The lowest BCUT2D eigenvalue weighted by Crippen LogP contribution is -2.40. The molecule has 0 bridgehead atoms. The van der Waals surface area contributed by atoms with Crippen LogP contribution in [0.1, 0.15) is 25.0 Å². The molecule has 0 spiro atoms. The minimum atomic E-state index is -0.663. The Morgan fingerprint density at radius 2 is 1.63 bits per heavy atom. The van der Waals surface area contributed by atoms with Gasteiger partial charge in [-0.05, 0) is 44.0 Å². The molecule has 0 fully saturated rings. The lowest BCUT2D eigenvalue weighted by Gasteiger charge is -2.14. The maximum Gasteiger partial charge on any atom is 0.309 e. The Balaban J connectivity index is 1.78. The van der Waals surface area contributed by atoms with E-state index < -0.39 is 11.8 Å². The van der Waals surface area contributed by atoms with Gasteiger partial charge in [-0.2, -0.15) is 0 Å². The molecule has 6 heteroatoms. The number of hydrogen-bond donors (Lipinski definition) is 2. The minimum absolute atomic E-state index is 0.0307. The third-order valence-corrected chi connectivity index (χ3v) is 3.84. The fraction of sp³-hybridized carbons (Fsp3) is 0.333. The molecule has 27 heavy (non-hydrogen) atoms. The standard InChI is InChI=1S/C21H26N2O4/c1-15(2)27-19-7-5-4-6-17(19)14-23-21(25)20(24)22-13-12-16-8-10-18(26-3)11-9-16/h4-11,15H,12-14H2,1-3H3,(H,22,24)(H,23,25). The van der Waals surface area contributed by atoms with Gasteiger partial charge in [0.15, 0.2) is 0 Å². The second kappa shape index (κ2) is 10.2. The van der Waals surface area contributed by atoms with Crippen LogP contribution in [0.25, 0.3) is 0 Å². The summed E-state index contributed by atoms with van der Waals surface area (Å²) in [6, 6.07) is 15.0. The lowest BCUT2D eigenvalue weighted by molar-refractivity contribution is -0.139. The van der Waals surface area contributed by atoms with Crippen LogP contribution in [0.3, 0.4) is 0 Å². The molecule has 0 heterocycles. The molecule has 2 amide bonds. The van der Waals surface area contributed by atoms with E-state index in [1.165, 1.54) is 0 Å². The molecule has 0 saturated heterocycles. The van der Waals surface area contributed by atoms with E-state index in [9.17, 15) is 9.59 Å². The molecule has 0 aromatic heterocycles. The van der Waals surface area contributed by atoms with Crippen molar-refractivity contribution in [3.63, 3.8) is 0 Å². The lowest BCUT2D eigenvalue weighted by atomic mass is 10.1. The molecule has 0 atom stereocenters. The SMILES string of the molecule is COc1ccc(CCNC(=O)C(=O)NCc2ccccc2OC(C)C)cc1. The number of para-hydroxylation sites is 1. The molecule has 2 rings (SSSR count). The summed E-state index contributed by atoms with van der Waals surface area (Å²) < 4.78 is 10.8. The largest absolute Gasteiger partial charge is 0.497 e. The Labute approximate surface area is 159 Å². The molecule has 0 aliphatic rings. The zero-order valence-corrected chi connectivity index (χ0v) is 16.0. The van der Waals surface area contributed by atoms with Crippen LogP contribution in [0.5, 0.6) is 11.5 Å². The number of hydrogen-bond acceptors (Lipinski definition) is 4. The normalized spacial score (nSPS) is 10.4. The van der Waals surface area contributed by atoms with E-state index in [4.69, 9.17) is 9.47 Å². The van der Waals surface area contributed by atoms with E-state index in [0.717, 1.165) is 16.9 Å². The summed E-state index contributed by atoms with van der Waals surface area (Å²) in [4.78, 5) is 23.9. The monoisotopic (exact) mass is 370 g/mol. The van der Waals surface area contributed by atoms with Gasteiger partial charge in [-0.1, -0.05) is 30.3 Å². The molecule has 2 aromatic carbocycles. The van der Waals surface area contributed by atoms with Crippen molar-refractivity contribution in [1.82, 2.24) is 10.6 Å². The van der Waals surface area contributed by atoms with E-state index in [0.29, 0.717) is 18.7 Å². The second-order valence-electron chi connectivity index (χ2n) is 6.31. The van der Waals surface area contributed by atoms with E-state index in [-0.39, 0.29) is 12.6 Å². The van der Waals surface area contributed by atoms with E-state index in [1.807, 2.05) is 62.4 Å². The van der Waals surface area contributed by atoms with Crippen molar-refractivity contribution in [3.8, 4) is 11.5 Å². The van der Waals surface area contributed by atoms with Gasteiger partial charge in [0.25, 0.3) is 0 Å². The number of carbonyl (C=O) groups excluding carboxylic acids is 2. The van der Waals surface area contributed by atoms with Gasteiger partial charge in [0.05, 0.1) is 13.2 Å². The van der Waals surface area contributed by atoms with Crippen molar-refractivity contribution in [3.05, 3.63) is 59.7 Å². The van der Waals surface area contributed by atoms with Crippen LogP contribution in [0, 0.1) is 0 Å². The predicted octanol–water partition coefficient (Wildman–Crippen LogP) is 2.46. The van der Waals surface area contributed by atoms with Gasteiger partial charge < -0.3 is 20.1 Å². The first-order valence-electron chi connectivity index (χ1n) is 8.93. The molecule has 0 radical (unpaired) electrons. The molecule has 0 aliphatic heterocycles. The van der Waals surface area contributed by atoms with Gasteiger partial charge in [0.2, 0.25) is 0 Å². The molecule has 2 N–H and O–H groups in total. The topological polar surface area (TPSA) is 76.7 Å². The first-order chi connectivity index (χ1) is 13.0. The summed E-state index contributed by atoms with van der Waals surface area (Å²) in [5.74, 6) is 0.173. The maximum absolute atomic E-state index is 12.0.